The van der Waals surface area contributed by atoms with Gasteiger partial charge < -0.3 is 10.5 Å². The predicted octanol–water partition coefficient (Wildman–Crippen LogP) is 1.49. The Balaban J connectivity index is 2.35. The molecule has 1 aromatic carbocycles. The molecule has 0 aliphatic carbocycles. The van der Waals surface area contributed by atoms with Crippen LogP contribution in [0.5, 0.6) is 5.75 Å². The first-order chi connectivity index (χ1) is 9.97. The van der Waals surface area contributed by atoms with Crippen LogP contribution in [0.3, 0.4) is 0 Å². The van der Waals surface area contributed by atoms with Crippen molar-refractivity contribution in [2.24, 2.45) is 5.73 Å². The van der Waals surface area contributed by atoms with Gasteiger partial charge >= 0.3 is 0 Å². The summed E-state index contributed by atoms with van der Waals surface area (Å²) in [7, 11) is -2.57. The zero-order valence-electron chi connectivity index (χ0n) is 11.2. The maximum absolute atomic E-state index is 13.6. The van der Waals surface area contributed by atoms with Gasteiger partial charge in [0.05, 0.1) is 18.5 Å². The fraction of sp³-hybridized carbons (Fsp3) is 0.154. The Hall–Kier alpha value is -2.19. The van der Waals surface area contributed by atoms with Crippen molar-refractivity contribution in [1.29, 1.82) is 0 Å². The van der Waals surface area contributed by atoms with Crippen molar-refractivity contribution in [3.05, 3.63) is 48.0 Å². The molecule has 2 rings (SSSR count). The average molecular weight is 311 g/mol. The van der Waals surface area contributed by atoms with E-state index < -0.39 is 15.8 Å². The van der Waals surface area contributed by atoms with Gasteiger partial charge in [-0.25, -0.2) is 12.8 Å². The molecule has 21 heavy (non-hydrogen) atoms. The number of halogens is 1. The molecule has 0 radical (unpaired) electrons. The molecule has 0 amide bonds. The van der Waals surface area contributed by atoms with Crippen LogP contribution in [0.15, 0.2) is 41.4 Å². The van der Waals surface area contributed by atoms with Crippen LogP contribution in [0.2, 0.25) is 0 Å². The van der Waals surface area contributed by atoms with Crippen LogP contribution in [0.25, 0.3) is 0 Å². The van der Waals surface area contributed by atoms with Crippen molar-refractivity contribution in [2.75, 3.05) is 11.8 Å². The Morgan fingerprint density at radius 1 is 1.38 bits per heavy atom. The van der Waals surface area contributed by atoms with Gasteiger partial charge in [-0.2, -0.15) is 0 Å². The van der Waals surface area contributed by atoms with Crippen LogP contribution in [0, 0.1) is 5.82 Å². The van der Waals surface area contributed by atoms with Crippen molar-refractivity contribution in [1.82, 2.24) is 4.98 Å². The van der Waals surface area contributed by atoms with E-state index in [1.165, 1.54) is 37.6 Å². The molecular formula is C13H14FN3O3S. The fourth-order valence-electron chi connectivity index (χ4n) is 1.76. The number of hydrogen-bond acceptors (Lipinski definition) is 5. The largest absolute Gasteiger partial charge is 0.494 e. The third-order valence-corrected chi connectivity index (χ3v) is 4.19. The second-order valence-electron chi connectivity index (χ2n) is 4.11. The number of rotatable bonds is 5. The number of methoxy groups -OCH3 is 1. The summed E-state index contributed by atoms with van der Waals surface area (Å²) in [5, 5.41) is 0. The topological polar surface area (TPSA) is 94.3 Å². The number of benzene rings is 1. The van der Waals surface area contributed by atoms with Gasteiger partial charge in [0.1, 0.15) is 4.90 Å². The highest BCUT2D eigenvalue weighted by molar-refractivity contribution is 7.92. The monoisotopic (exact) mass is 311 g/mol. The first-order valence-corrected chi connectivity index (χ1v) is 7.46. The summed E-state index contributed by atoms with van der Waals surface area (Å²) in [5.41, 5.74) is 5.79. The lowest BCUT2D eigenvalue weighted by Gasteiger charge is -2.11. The number of nitrogens with one attached hydrogen (secondary N) is 1. The first-order valence-electron chi connectivity index (χ1n) is 5.98. The van der Waals surface area contributed by atoms with E-state index in [0.29, 0.717) is 0 Å². The number of nitrogens with two attached hydrogens (primary N) is 1. The Morgan fingerprint density at radius 3 is 2.76 bits per heavy atom. The molecule has 0 aliphatic heterocycles. The van der Waals surface area contributed by atoms with Crippen LogP contribution >= 0.6 is 0 Å². The molecule has 1 heterocycles. The second-order valence-corrected chi connectivity index (χ2v) is 5.76. The van der Waals surface area contributed by atoms with Gasteiger partial charge in [0, 0.05) is 18.8 Å². The first kappa shape index (κ1) is 15.2. The van der Waals surface area contributed by atoms with E-state index in [2.05, 4.69) is 9.71 Å². The van der Waals surface area contributed by atoms with Crippen LogP contribution < -0.4 is 15.2 Å². The van der Waals surface area contributed by atoms with E-state index in [1.807, 2.05) is 0 Å². The van der Waals surface area contributed by atoms with E-state index in [4.69, 9.17) is 10.5 Å². The summed E-state index contributed by atoms with van der Waals surface area (Å²) in [6, 6.07) is 6.65. The molecule has 112 valence electrons. The van der Waals surface area contributed by atoms with Gasteiger partial charge in [-0.15, -0.1) is 0 Å². The van der Waals surface area contributed by atoms with Crippen LogP contribution in [-0.4, -0.2) is 20.5 Å². The number of anilines is 1. The van der Waals surface area contributed by atoms with Gasteiger partial charge in [0.2, 0.25) is 0 Å². The third-order valence-electron chi connectivity index (χ3n) is 2.74. The Morgan fingerprint density at radius 2 is 2.14 bits per heavy atom. The van der Waals surface area contributed by atoms with Crippen LogP contribution in [-0.2, 0) is 16.6 Å². The van der Waals surface area contributed by atoms with Crippen molar-refractivity contribution in [3.8, 4) is 5.75 Å². The van der Waals surface area contributed by atoms with Crippen LogP contribution in [0.1, 0.15) is 5.69 Å². The number of hydrogen-bond donors (Lipinski definition) is 2. The number of aromatic nitrogens is 1. The summed E-state index contributed by atoms with van der Waals surface area (Å²) < 4.78 is 45.2. The van der Waals surface area contributed by atoms with Crippen LogP contribution in [0.4, 0.5) is 10.1 Å². The molecule has 6 nitrogen and oxygen atoms in total. The summed E-state index contributed by atoms with van der Waals surface area (Å²) in [5.74, 6) is -0.634. The lowest BCUT2D eigenvalue weighted by molar-refractivity contribution is 0.386. The summed E-state index contributed by atoms with van der Waals surface area (Å²) in [6.07, 6.45) is 1.45. The van der Waals surface area contributed by atoms with Gasteiger partial charge in [0.15, 0.2) is 11.6 Å². The minimum Gasteiger partial charge on any atom is -0.494 e. The molecule has 0 saturated carbocycles. The molecule has 2 aromatic rings. The molecule has 0 fully saturated rings. The number of nitrogens with zero attached hydrogens (tertiary/aromatic N) is 1. The molecule has 0 atom stereocenters. The summed E-state index contributed by atoms with van der Waals surface area (Å²) >= 11 is 0. The van der Waals surface area contributed by atoms with Gasteiger partial charge in [-0.05, 0) is 24.3 Å². The molecule has 0 unspecified atom stereocenters. The lowest BCUT2D eigenvalue weighted by atomic mass is 10.3. The summed E-state index contributed by atoms with van der Waals surface area (Å²) in [6.45, 7) is -0.0198. The summed E-state index contributed by atoms with van der Waals surface area (Å²) in [4.78, 5) is 3.87. The van der Waals surface area contributed by atoms with E-state index in [1.54, 1.807) is 0 Å². The lowest BCUT2D eigenvalue weighted by Crippen LogP contribution is -2.17. The zero-order valence-corrected chi connectivity index (χ0v) is 12.0. The standard InChI is InChI=1S/C13H14FN3O3S/c1-20-12-5-4-9(7-10(12)14)17-21(18,19)13-3-2-6-16-11(13)8-15/h2-7,17H,8,15H2,1H3. The minimum absolute atomic E-state index is 0.0198. The number of ether oxygens (including phenoxy) is 1. The number of sulfonamides is 1. The Bertz CT molecular complexity index is 750. The van der Waals surface area contributed by atoms with E-state index in [9.17, 15) is 12.8 Å². The third kappa shape index (κ3) is 3.29. The SMILES string of the molecule is COc1ccc(NS(=O)(=O)c2cccnc2CN)cc1F. The van der Waals surface area contributed by atoms with E-state index in [0.717, 1.165) is 6.07 Å². The zero-order chi connectivity index (χ0) is 15.5. The second kappa shape index (κ2) is 6.06. The van der Waals surface area contributed by atoms with Gasteiger partial charge in [-0.1, -0.05) is 0 Å². The van der Waals surface area contributed by atoms with Crippen molar-refractivity contribution < 1.29 is 17.5 Å². The quantitative estimate of drug-likeness (QED) is 0.872. The highest BCUT2D eigenvalue weighted by Crippen LogP contribution is 2.23. The van der Waals surface area contributed by atoms with Crippen molar-refractivity contribution >= 4 is 15.7 Å². The van der Waals surface area contributed by atoms with Gasteiger partial charge in [-0.3, -0.25) is 9.71 Å². The Labute approximate surface area is 121 Å². The maximum atomic E-state index is 13.6. The van der Waals surface area contributed by atoms with Gasteiger partial charge in [0.25, 0.3) is 10.0 Å². The highest BCUT2D eigenvalue weighted by atomic mass is 32.2. The molecule has 3 N–H and O–H groups in total. The normalized spacial score (nSPS) is 11.2. The molecule has 1 aromatic heterocycles. The Kier molecular flexibility index (Phi) is 4.39. The molecule has 0 spiro atoms. The maximum Gasteiger partial charge on any atom is 0.263 e. The minimum atomic E-state index is -3.89. The molecule has 0 aliphatic rings. The molecule has 0 bridgehead atoms. The van der Waals surface area contributed by atoms with E-state index >= 15 is 0 Å². The highest BCUT2D eigenvalue weighted by Gasteiger charge is 2.19. The van der Waals surface area contributed by atoms with Crippen molar-refractivity contribution in [2.45, 2.75) is 11.4 Å². The molecule has 8 heteroatoms. The number of pyridine rings is 1. The predicted molar refractivity (Wildman–Crippen MR) is 75.9 cm³/mol. The average Bonchev–Trinajstić information content (AvgIpc) is 2.47. The molecular weight excluding hydrogens is 297 g/mol. The van der Waals surface area contributed by atoms with Crippen molar-refractivity contribution in [3.63, 3.8) is 0 Å². The molecule has 0 saturated heterocycles. The van der Waals surface area contributed by atoms with E-state index in [-0.39, 0.29) is 28.6 Å². The smallest absolute Gasteiger partial charge is 0.263 e. The fourth-order valence-corrected chi connectivity index (χ4v) is 3.01.